The molecule has 124 valence electrons. The highest BCUT2D eigenvalue weighted by Crippen LogP contribution is 2.31. The molecule has 4 nitrogen and oxygen atoms in total. The zero-order chi connectivity index (χ0) is 16.4. The summed E-state index contributed by atoms with van der Waals surface area (Å²) in [5, 5.41) is 0. The quantitative estimate of drug-likeness (QED) is 0.869. The van der Waals surface area contributed by atoms with Gasteiger partial charge < -0.3 is 14.4 Å². The molecule has 2 heterocycles. The first-order valence-corrected chi connectivity index (χ1v) is 8.58. The molecule has 2 aromatic carbocycles. The summed E-state index contributed by atoms with van der Waals surface area (Å²) in [5.41, 5.74) is 3.46. The summed E-state index contributed by atoms with van der Waals surface area (Å²) in [7, 11) is 0. The van der Waals surface area contributed by atoms with Crippen LogP contribution in [-0.4, -0.2) is 25.7 Å². The molecule has 2 aliphatic rings. The first kappa shape index (κ1) is 15.1. The number of benzene rings is 2. The number of rotatable bonds is 3. The van der Waals surface area contributed by atoms with Crippen LogP contribution in [0.4, 0.5) is 5.69 Å². The minimum absolute atomic E-state index is 0.192. The third-order valence-electron chi connectivity index (χ3n) is 4.65. The summed E-state index contributed by atoms with van der Waals surface area (Å²) in [5.74, 6) is 1.77. The number of ether oxygens (including phenoxy) is 2. The molecule has 0 spiro atoms. The van der Waals surface area contributed by atoms with Gasteiger partial charge in [-0.3, -0.25) is 4.79 Å². The van der Waals surface area contributed by atoms with Crippen molar-refractivity contribution in [3.63, 3.8) is 0 Å². The molecule has 0 radical (unpaired) electrons. The van der Waals surface area contributed by atoms with E-state index in [2.05, 4.69) is 12.1 Å². The van der Waals surface area contributed by atoms with Gasteiger partial charge in [0.05, 0.1) is 0 Å². The molecule has 0 saturated carbocycles. The van der Waals surface area contributed by atoms with E-state index in [-0.39, 0.29) is 5.91 Å². The lowest BCUT2D eigenvalue weighted by molar-refractivity contribution is -0.118. The van der Waals surface area contributed by atoms with E-state index in [1.807, 2.05) is 35.2 Å². The summed E-state index contributed by atoms with van der Waals surface area (Å²) < 4.78 is 11.2. The molecular weight excluding hydrogens is 302 g/mol. The van der Waals surface area contributed by atoms with Crippen molar-refractivity contribution >= 4 is 11.6 Å². The molecule has 24 heavy (non-hydrogen) atoms. The van der Waals surface area contributed by atoms with Gasteiger partial charge in [-0.25, -0.2) is 0 Å². The van der Waals surface area contributed by atoms with Crippen LogP contribution in [0.2, 0.25) is 0 Å². The van der Waals surface area contributed by atoms with Crippen LogP contribution in [0.25, 0.3) is 0 Å². The fourth-order valence-electron chi connectivity index (χ4n) is 3.42. The molecule has 0 N–H and O–H groups in total. The average molecular weight is 323 g/mol. The Morgan fingerprint density at radius 2 is 1.88 bits per heavy atom. The highest BCUT2D eigenvalue weighted by Gasteiger charge is 2.22. The Kier molecular flexibility index (Phi) is 4.11. The standard InChI is InChI=1S/C20H21NO3/c22-20(21-11-3-5-16-4-1-2-6-17(16)21)10-8-15-7-9-18-19(14-15)24-13-12-23-18/h1-2,4,6-7,9,14H,3,5,8,10-13H2. The van der Waals surface area contributed by atoms with Gasteiger partial charge >= 0.3 is 0 Å². The average Bonchev–Trinajstić information content (AvgIpc) is 2.65. The highest BCUT2D eigenvalue weighted by atomic mass is 16.6. The predicted octanol–water partition coefficient (Wildman–Crippen LogP) is 3.37. The lowest BCUT2D eigenvalue weighted by atomic mass is 10.0. The minimum atomic E-state index is 0.192. The Morgan fingerprint density at radius 3 is 2.79 bits per heavy atom. The summed E-state index contributed by atoms with van der Waals surface area (Å²) in [6.45, 7) is 2.00. The molecule has 1 amide bonds. The smallest absolute Gasteiger partial charge is 0.227 e. The highest BCUT2D eigenvalue weighted by molar-refractivity contribution is 5.94. The van der Waals surface area contributed by atoms with Crippen LogP contribution in [0.5, 0.6) is 11.5 Å². The molecule has 2 aliphatic heterocycles. The first-order valence-electron chi connectivity index (χ1n) is 8.58. The van der Waals surface area contributed by atoms with E-state index in [4.69, 9.17) is 9.47 Å². The molecule has 0 fully saturated rings. The van der Waals surface area contributed by atoms with Crippen LogP contribution in [-0.2, 0) is 17.6 Å². The molecule has 0 bridgehead atoms. The molecule has 2 aromatic rings. The van der Waals surface area contributed by atoms with E-state index < -0.39 is 0 Å². The zero-order valence-electron chi connectivity index (χ0n) is 13.7. The SMILES string of the molecule is O=C(CCc1ccc2c(c1)OCCO2)N1CCCc2ccccc21. The monoisotopic (exact) mass is 323 g/mol. The van der Waals surface area contributed by atoms with E-state index >= 15 is 0 Å². The van der Waals surface area contributed by atoms with Gasteiger partial charge in [0.1, 0.15) is 13.2 Å². The maximum atomic E-state index is 12.7. The van der Waals surface area contributed by atoms with Gasteiger partial charge in [0.2, 0.25) is 5.91 Å². The molecule has 0 saturated heterocycles. The lowest BCUT2D eigenvalue weighted by Crippen LogP contribution is -2.35. The number of hydrogen-bond donors (Lipinski definition) is 0. The molecule has 4 rings (SSSR count). The van der Waals surface area contributed by atoms with Crippen molar-refractivity contribution in [1.82, 2.24) is 0 Å². The number of hydrogen-bond acceptors (Lipinski definition) is 3. The third kappa shape index (κ3) is 2.96. The van der Waals surface area contributed by atoms with Crippen molar-refractivity contribution in [1.29, 1.82) is 0 Å². The fraction of sp³-hybridized carbons (Fsp3) is 0.350. The summed E-state index contributed by atoms with van der Waals surface area (Å²) in [4.78, 5) is 14.6. The second kappa shape index (κ2) is 6.56. The van der Waals surface area contributed by atoms with Gasteiger partial charge in [0.15, 0.2) is 11.5 Å². The van der Waals surface area contributed by atoms with Crippen molar-refractivity contribution in [2.75, 3.05) is 24.7 Å². The zero-order valence-corrected chi connectivity index (χ0v) is 13.7. The second-order valence-electron chi connectivity index (χ2n) is 6.26. The van der Waals surface area contributed by atoms with E-state index in [9.17, 15) is 4.79 Å². The lowest BCUT2D eigenvalue weighted by Gasteiger charge is -2.29. The van der Waals surface area contributed by atoms with Crippen LogP contribution < -0.4 is 14.4 Å². The summed E-state index contributed by atoms with van der Waals surface area (Å²) in [6, 6.07) is 14.2. The van der Waals surface area contributed by atoms with Crippen molar-refractivity contribution < 1.29 is 14.3 Å². The Morgan fingerprint density at radius 1 is 1.04 bits per heavy atom. The summed E-state index contributed by atoms with van der Waals surface area (Å²) >= 11 is 0. The minimum Gasteiger partial charge on any atom is -0.486 e. The first-order chi connectivity index (χ1) is 11.8. The molecule has 0 atom stereocenters. The Balaban J connectivity index is 1.44. The molecule has 0 unspecified atom stereocenters. The van der Waals surface area contributed by atoms with Crippen LogP contribution in [0.15, 0.2) is 42.5 Å². The number of carbonyl (C=O) groups is 1. The fourth-order valence-corrected chi connectivity index (χ4v) is 3.42. The van der Waals surface area contributed by atoms with Crippen LogP contribution >= 0.6 is 0 Å². The number of nitrogens with zero attached hydrogens (tertiary/aromatic N) is 1. The van der Waals surface area contributed by atoms with Gasteiger partial charge in [0.25, 0.3) is 0 Å². The molecule has 0 aromatic heterocycles. The second-order valence-corrected chi connectivity index (χ2v) is 6.26. The largest absolute Gasteiger partial charge is 0.486 e. The maximum absolute atomic E-state index is 12.7. The van der Waals surface area contributed by atoms with Crippen molar-refractivity contribution in [2.45, 2.75) is 25.7 Å². The predicted molar refractivity (Wildman–Crippen MR) is 92.9 cm³/mol. The third-order valence-corrected chi connectivity index (χ3v) is 4.65. The van der Waals surface area contributed by atoms with Gasteiger partial charge in [-0.15, -0.1) is 0 Å². The number of aryl methyl sites for hydroxylation is 2. The van der Waals surface area contributed by atoms with Gasteiger partial charge in [-0.05, 0) is 48.6 Å². The van der Waals surface area contributed by atoms with Gasteiger partial charge in [-0.2, -0.15) is 0 Å². The van der Waals surface area contributed by atoms with E-state index in [1.165, 1.54) is 5.56 Å². The number of para-hydroxylation sites is 1. The van der Waals surface area contributed by atoms with Gasteiger partial charge in [-0.1, -0.05) is 24.3 Å². The number of fused-ring (bicyclic) bond motifs is 2. The summed E-state index contributed by atoms with van der Waals surface area (Å²) in [6.07, 6.45) is 3.32. The Labute approximate surface area is 142 Å². The van der Waals surface area contributed by atoms with E-state index in [0.29, 0.717) is 26.1 Å². The Bertz CT molecular complexity index is 756. The van der Waals surface area contributed by atoms with Gasteiger partial charge in [0, 0.05) is 18.7 Å². The van der Waals surface area contributed by atoms with Crippen LogP contribution in [0.1, 0.15) is 24.0 Å². The van der Waals surface area contributed by atoms with Crippen molar-refractivity contribution in [2.24, 2.45) is 0 Å². The number of anilines is 1. The normalized spacial score (nSPS) is 15.8. The number of carbonyl (C=O) groups excluding carboxylic acids is 1. The molecular formula is C20H21NO3. The van der Waals surface area contributed by atoms with Crippen molar-refractivity contribution in [3.05, 3.63) is 53.6 Å². The topological polar surface area (TPSA) is 38.8 Å². The van der Waals surface area contributed by atoms with Crippen molar-refractivity contribution in [3.8, 4) is 11.5 Å². The van der Waals surface area contributed by atoms with E-state index in [1.54, 1.807) is 0 Å². The number of amides is 1. The molecule has 4 heteroatoms. The molecule has 0 aliphatic carbocycles. The van der Waals surface area contributed by atoms with E-state index in [0.717, 1.165) is 42.1 Å². The maximum Gasteiger partial charge on any atom is 0.227 e. The Hall–Kier alpha value is -2.49. The van der Waals surface area contributed by atoms with Crippen LogP contribution in [0, 0.1) is 0 Å². The van der Waals surface area contributed by atoms with Crippen LogP contribution in [0.3, 0.4) is 0 Å².